The molecule has 0 N–H and O–H groups in total. The molecule has 2 nitrogen and oxygen atoms in total. The molecule has 0 amide bonds. The Hall–Kier alpha value is -1.83. The van der Waals surface area contributed by atoms with Gasteiger partial charge in [0.1, 0.15) is 0 Å². The van der Waals surface area contributed by atoms with Crippen molar-refractivity contribution in [2.75, 3.05) is 0 Å². The Morgan fingerprint density at radius 2 is 1.35 bits per heavy atom. The van der Waals surface area contributed by atoms with Crippen LogP contribution in [0.5, 0.6) is 0 Å². The molecule has 0 spiro atoms. The summed E-state index contributed by atoms with van der Waals surface area (Å²) in [5.74, 6) is 0. The summed E-state index contributed by atoms with van der Waals surface area (Å²) in [6.45, 7) is 0. The lowest BCUT2D eigenvalue weighted by Gasteiger charge is -2.13. The molecule has 0 bridgehead atoms. The number of benzene rings is 2. The summed E-state index contributed by atoms with van der Waals surface area (Å²) >= 11 is 1.23. The van der Waals surface area contributed by atoms with Gasteiger partial charge in [-0.25, -0.2) is 4.79 Å². The van der Waals surface area contributed by atoms with E-state index in [0.29, 0.717) is 0 Å². The normalized spacial score (nSPS) is 9.94. The Morgan fingerprint density at radius 3 is 1.76 bits per heavy atom. The average Bonchev–Trinajstić information content (AvgIpc) is 2.42. The minimum atomic E-state index is 0.0406. The third-order valence-corrected chi connectivity index (χ3v) is 3.34. The van der Waals surface area contributed by atoms with Crippen molar-refractivity contribution in [3.63, 3.8) is 0 Å². The van der Waals surface area contributed by atoms with E-state index in [0.717, 1.165) is 11.1 Å². The van der Waals surface area contributed by atoms with Crippen LogP contribution in [0.4, 0.5) is 0 Å². The van der Waals surface area contributed by atoms with Gasteiger partial charge in [0.25, 0.3) is 0 Å². The van der Waals surface area contributed by atoms with E-state index < -0.39 is 0 Å². The Bertz CT molecular complexity index is 467. The number of isocyanates is 1. The summed E-state index contributed by atoms with van der Waals surface area (Å²) in [6, 6.07) is 20.0. The zero-order valence-corrected chi connectivity index (χ0v) is 9.93. The summed E-state index contributed by atoms with van der Waals surface area (Å²) in [5, 5.41) is 0.0406. The maximum Gasteiger partial charge on any atom is 0.247 e. The second-order valence-electron chi connectivity index (χ2n) is 3.49. The molecule has 0 aliphatic heterocycles. The smallest absolute Gasteiger partial charge is 0.210 e. The Kier molecular flexibility index (Phi) is 4.14. The Balaban J connectivity index is 2.35. The number of rotatable bonds is 4. The zero-order chi connectivity index (χ0) is 11.9. The quantitative estimate of drug-likeness (QED) is 0.463. The van der Waals surface area contributed by atoms with Crippen LogP contribution in [0.15, 0.2) is 65.1 Å². The summed E-state index contributed by atoms with van der Waals surface area (Å²) in [6.07, 6.45) is 1.58. The summed E-state index contributed by atoms with van der Waals surface area (Å²) in [7, 11) is 0. The van der Waals surface area contributed by atoms with Gasteiger partial charge in [0.2, 0.25) is 6.08 Å². The lowest BCUT2D eigenvalue weighted by atomic mass is 10.0. The molecule has 84 valence electrons. The Labute approximate surface area is 105 Å². The topological polar surface area (TPSA) is 29.4 Å². The van der Waals surface area contributed by atoms with Crippen molar-refractivity contribution in [2.45, 2.75) is 5.25 Å². The second-order valence-corrected chi connectivity index (χ2v) is 4.35. The third-order valence-electron chi connectivity index (χ3n) is 2.40. The van der Waals surface area contributed by atoms with Crippen LogP contribution in [0.3, 0.4) is 0 Å². The van der Waals surface area contributed by atoms with Crippen molar-refractivity contribution in [3.05, 3.63) is 71.8 Å². The van der Waals surface area contributed by atoms with Gasteiger partial charge < -0.3 is 0 Å². The predicted molar refractivity (Wildman–Crippen MR) is 70.4 cm³/mol. The van der Waals surface area contributed by atoms with E-state index in [1.165, 1.54) is 11.9 Å². The fraction of sp³-hybridized carbons (Fsp3) is 0.0714. The van der Waals surface area contributed by atoms with E-state index in [9.17, 15) is 4.79 Å². The number of hydrogen-bond acceptors (Lipinski definition) is 3. The monoisotopic (exact) mass is 241 g/mol. The minimum Gasteiger partial charge on any atom is -0.210 e. The molecule has 0 fully saturated rings. The lowest BCUT2D eigenvalue weighted by molar-refractivity contribution is 0.566. The van der Waals surface area contributed by atoms with Gasteiger partial charge in [-0.1, -0.05) is 60.7 Å². The molecule has 0 aliphatic carbocycles. The summed E-state index contributed by atoms with van der Waals surface area (Å²) < 4.78 is 3.64. The van der Waals surface area contributed by atoms with Gasteiger partial charge in [-0.05, 0) is 11.1 Å². The summed E-state index contributed by atoms with van der Waals surface area (Å²) in [4.78, 5) is 10.3. The van der Waals surface area contributed by atoms with Crippen molar-refractivity contribution in [2.24, 2.45) is 4.40 Å². The molecule has 0 saturated heterocycles. The highest BCUT2D eigenvalue weighted by Crippen LogP contribution is 2.35. The van der Waals surface area contributed by atoms with Crippen LogP contribution in [0.25, 0.3) is 0 Å². The SMILES string of the molecule is O=C=NSC(c1ccccc1)c1ccccc1. The molecule has 2 rings (SSSR count). The molecular weight excluding hydrogens is 230 g/mol. The fourth-order valence-electron chi connectivity index (χ4n) is 1.64. The van der Waals surface area contributed by atoms with Gasteiger partial charge >= 0.3 is 0 Å². The standard InChI is InChI=1S/C14H11NOS/c16-11-15-17-14(12-7-3-1-4-8-12)13-9-5-2-6-10-13/h1-10,14H. The molecule has 17 heavy (non-hydrogen) atoms. The van der Waals surface area contributed by atoms with Crippen molar-refractivity contribution >= 4 is 18.0 Å². The van der Waals surface area contributed by atoms with Crippen molar-refractivity contribution in [1.82, 2.24) is 0 Å². The van der Waals surface area contributed by atoms with Crippen molar-refractivity contribution in [3.8, 4) is 0 Å². The number of hydrogen-bond donors (Lipinski definition) is 0. The van der Waals surface area contributed by atoms with Gasteiger partial charge in [-0.2, -0.15) is 0 Å². The van der Waals surface area contributed by atoms with Crippen LogP contribution in [-0.2, 0) is 4.79 Å². The van der Waals surface area contributed by atoms with Crippen LogP contribution in [0.2, 0.25) is 0 Å². The molecule has 0 radical (unpaired) electrons. The molecule has 0 atom stereocenters. The molecule has 2 aromatic rings. The van der Waals surface area contributed by atoms with E-state index >= 15 is 0 Å². The van der Waals surface area contributed by atoms with Crippen LogP contribution in [0.1, 0.15) is 16.4 Å². The van der Waals surface area contributed by atoms with Crippen LogP contribution in [-0.4, -0.2) is 6.08 Å². The second kappa shape index (κ2) is 6.04. The van der Waals surface area contributed by atoms with E-state index in [1.54, 1.807) is 6.08 Å². The first-order valence-corrected chi connectivity index (χ1v) is 6.08. The Morgan fingerprint density at radius 1 is 0.882 bits per heavy atom. The van der Waals surface area contributed by atoms with Gasteiger partial charge in [0.15, 0.2) is 0 Å². The first-order chi connectivity index (χ1) is 8.42. The molecule has 0 aromatic heterocycles. The molecule has 0 aliphatic rings. The van der Waals surface area contributed by atoms with Crippen LogP contribution < -0.4 is 0 Å². The third kappa shape index (κ3) is 3.06. The fourth-order valence-corrected chi connectivity index (χ4v) is 2.35. The van der Waals surface area contributed by atoms with Crippen LogP contribution in [0, 0.1) is 0 Å². The average molecular weight is 241 g/mol. The number of carbonyl (C=O) groups excluding carboxylic acids is 1. The van der Waals surface area contributed by atoms with Crippen molar-refractivity contribution in [1.29, 1.82) is 0 Å². The van der Waals surface area contributed by atoms with Gasteiger partial charge in [0.05, 0.1) is 5.25 Å². The maximum atomic E-state index is 10.3. The van der Waals surface area contributed by atoms with Gasteiger partial charge in [0, 0.05) is 11.9 Å². The largest absolute Gasteiger partial charge is 0.247 e. The van der Waals surface area contributed by atoms with E-state index in [4.69, 9.17) is 0 Å². The minimum absolute atomic E-state index is 0.0406. The number of nitrogens with zero attached hydrogens (tertiary/aromatic N) is 1. The predicted octanol–water partition coefficient (Wildman–Crippen LogP) is 3.76. The molecule has 0 heterocycles. The molecule has 0 unspecified atom stereocenters. The van der Waals surface area contributed by atoms with E-state index in [-0.39, 0.29) is 5.25 Å². The molecule has 2 aromatic carbocycles. The first kappa shape index (κ1) is 11.6. The van der Waals surface area contributed by atoms with Gasteiger partial charge in [-0.15, -0.1) is 4.40 Å². The highest BCUT2D eigenvalue weighted by molar-refractivity contribution is 7.98. The highest BCUT2D eigenvalue weighted by atomic mass is 32.2. The summed E-state index contributed by atoms with van der Waals surface area (Å²) in [5.41, 5.74) is 2.26. The lowest BCUT2D eigenvalue weighted by Crippen LogP contribution is -1.94. The zero-order valence-electron chi connectivity index (χ0n) is 9.11. The maximum absolute atomic E-state index is 10.3. The molecule has 0 saturated carbocycles. The highest BCUT2D eigenvalue weighted by Gasteiger charge is 2.13. The first-order valence-electron chi connectivity index (χ1n) is 5.24. The van der Waals surface area contributed by atoms with E-state index in [1.807, 2.05) is 60.7 Å². The molecular formula is C14H11NOS. The van der Waals surface area contributed by atoms with Crippen molar-refractivity contribution < 1.29 is 4.79 Å². The van der Waals surface area contributed by atoms with E-state index in [2.05, 4.69) is 4.40 Å². The van der Waals surface area contributed by atoms with Gasteiger partial charge in [-0.3, -0.25) is 0 Å². The molecule has 3 heteroatoms. The van der Waals surface area contributed by atoms with Crippen LogP contribution >= 0.6 is 11.9 Å².